The molecule has 0 saturated carbocycles. The zero-order valence-electron chi connectivity index (χ0n) is 24.5. The monoisotopic (exact) mass is 569 g/mol. The smallest absolute Gasteiger partial charge is 0.203 e. The topological polar surface area (TPSA) is 93.9 Å². The average molecular weight is 570 g/mol. The summed E-state index contributed by atoms with van der Waals surface area (Å²) in [6.45, 7) is 4.86. The van der Waals surface area contributed by atoms with Crippen molar-refractivity contribution in [1.29, 1.82) is 0 Å². The van der Waals surface area contributed by atoms with Gasteiger partial charge in [0.15, 0.2) is 17.3 Å². The van der Waals surface area contributed by atoms with E-state index in [0.717, 1.165) is 35.3 Å². The Kier molecular flexibility index (Phi) is 8.47. The molecule has 1 aromatic heterocycles. The molecule has 2 heterocycles. The highest BCUT2D eigenvalue weighted by atomic mass is 16.5. The van der Waals surface area contributed by atoms with Gasteiger partial charge in [-0.2, -0.15) is 0 Å². The molecule has 1 aliphatic rings. The van der Waals surface area contributed by atoms with Gasteiger partial charge in [-0.05, 0) is 67.7 Å². The minimum atomic E-state index is -0.303. The molecule has 0 atom stereocenters. The second kappa shape index (κ2) is 12.4. The zero-order chi connectivity index (χ0) is 29.7. The van der Waals surface area contributed by atoms with Gasteiger partial charge in [0.2, 0.25) is 5.75 Å². The number of methoxy groups -OCH3 is 3. The van der Waals surface area contributed by atoms with Crippen molar-refractivity contribution < 1.29 is 28.5 Å². The first kappa shape index (κ1) is 28.7. The van der Waals surface area contributed by atoms with Crippen molar-refractivity contribution >= 4 is 11.9 Å². The maximum absolute atomic E-state index is 13.6. The van der Waals surface area contributed by atoms with Crippen LogP contribution in [-0.2, 0) is 19.6 Å². The van der Waals surface area contributed by atoms with Crippen LogP contribution in [0.15, 0.2) is 66.9 Å². The van der Waals surface area contributed by atoms with Crippen LogP contribution >= 0.6 is 0 Å². The van der Waals surface area contributed by atoms with Crippen LogP contribution in [0, 0.1) is 0 Å². The molecule has 0 amide bonds. The van der Waals surface area contributed by atoms with Gasteiger partial charge in [-0.15, -0.1) is 5.10 Å². The van der Waals surface area contributed by atoms with Gasteiger partial charge in [-0.3, -0.25) is 4.79 Å². The lowest BCUT2D eigenvalue weighted by Gasteiger charge is -2.33. The molecule has 0 aliphatic carbocycles. The molecule has 0 saturated heterocycles. The maximum atomic E-state index is 13.6. The largest absolute Gasteiger partial charge is 0.493 e. The number of carbonyl (C=O) groups excluding carboxylic acids is 1. The Balaban J connectivity index is 1.40. The number of hydrogen-bond acceptors (Lipinski definition) is 8. The van der Waals surface area contributed by atoms with Crippen molar-refractivity contribution in [2.45, 2.75) is 45.4 Å². The fourth-order valence-electron chi connectivity index (χ4n) is 4.86. The van der Waals surface area contributed by atoms with Gasteiger partial charge < -0.3 is 23.7 Å². The Hall–Kier alpha value is -4.79. The number of carbonyl (C=O) groups is 1. The number of allylic oxidation sites excluding steroid dienone is 1. The summed E-state index contributed by atoms with van der Waals surface area (Å²) in [5, 5.41) is 8.49. The van der Waals surface area contributed by atoms with Gasteiger partial charge in [-0.25, -0.2) is 4.68 Å². The third-order valence-electron chi connectivity index (χ3n) is 7.07. The fourth-order valence-corrected chi connectivity index (χ4v) is 4.86. The standard InChI is InChI=1S/C33H35N3O6/c1-33(2)14-13-24-17-26(27(37)12-11-23-15-30(38-3)32(40-5)31(16-23)39-4)29(18-28(24)42-33)41-21-25-20-36(35-34-25)19-22-9-7-6-8-10-22/h6-12,15-18,20H,13-14,19,21H2,1-5H3/b12-11+. The Morgan fingerprint density at radius 1 is 1.00 bits per heavy atom. The number of ether oxygens (including phenoxy) is 5. The molecule has 0 bridgehead atoms. The number of aromatic nitrogens is 3. The van der Waals surface area contributed by atoms with E-state index in [-0.39, 0.29) is 18.0 Å². The molecular weight excluding hydrogens is 534 g/mol. The Morgan fingerprint density at radius 2 is 1.74 bits per heavy atom. The minimum absolute atomic E-state index is 0.147. The highest BCUT2D eigenvalue weighted by molar-refractivity contribution is 6.09. The molecule has 1 aliphatic heterocycles. The van der Waals surface area contributed by atoms with Crippen molar-refractivity contribution in [2.24, 2.45) is 0 Å². The molecule has 0 spiro atoms. The molecule has 5 rings (SSSR count). The first-order chi connectivity index (χ1) is 20.3. The van der Waals surface area contributed by atoms with E-state index < -0.39 is 0 Å². The van der Waals surface area contributed by atoms with Gasteiger partial charge in [0.05, 0.1) is 39.6 Å². The molecule has 0 unspecified atom stereocenters. The van der Waals surface area contributed by atoms with Crippen molar-refractivity contribution in [3.05, 3.63) is 94.8 Å². The second-order valence-corrected chi connectivity index (χ2v) is 10.7. The van der Waals surface area contributed by atoms with Crippen LogP contribution in [0.4, 0.5) is 0 Å². The quantitative estimate of drug-likeness (QED) is 0.162. The van der Waals surface area contributed by atoms with Gasteiger partial charge in [-0.1, -0.05) is 41.6 Å². The number of rotatable bonds is 11. The predicted octanol–water partition coefficient (Wildman–Crippen LogP) is 5.93. The van der Waals surface area contributed by atoms with Crippen LogP contribution in [0.5, 0.6) is 28.7 Å². The molecule has 42 heavy (non-hydrogen) atoms. The first-order valence-electron chi connectivity index (χ1n) is 13.7. The third-order valence-corrected chi connectivity index (χ3v) is 7.07. The molecule has 3 aromatic carbocycles. The number of fused-ring (bicyclic) bond motifs is 1. The zero-order valence-corrected chi connectivity index (χ0v) is 24.5. The summed E-state index contributed by atoms with van der Waals surface area (Å²) in [5.41, 5.74) is 3.60. The molecule has 0 N–H and O–H groups in total. The third kappa shape index (κ3) is 6.57. The summed E-state index contributed by atoms with van der Waals surface area (Å²) in [6, 6.07) is 17.3. The molecule has 9 heteroatoms. The van der Waals surface area contributed by atoms with Crippen molar-refractivity contribution in [3.8, 4) is 28.7 Å². The number of aryl methyl sites for hydroxylation is 1. The van der Waals surface area contributed by atoms with Crippen molar-refractivity contribution in [2.75, 3.05) is 21.3 Å². The molecule has 0 fully saturated rings. The van der Waals surface area contributed by atoms with Crippen LogP contribution in [0.1, 0.15) is 53.0 Å². The first-order valence-corrected chi connectivity index (χ1v) is 13.7. The number of benzene rings is 3. The predicted molar refractivity (Wildman–Crippen MR) is 159 cm³/mol. The minimum Gasteiger partial charge on any atom is -0.493 e. The van der Waals surface area contributed by atoms with Crippen LogP contribution in [0.25, 0.3) is 6.08 Å². The van der Waals surface area contributed by atoms with Crippen LogP contribution in [-0.4, -0.2) is 47.7 Å². The molecule has 9 nitrogen and oxygen atoms in total. The number of ketones is 1. The summed E-state index contributed by atoms with van der Waals surface area (Å²) in [4.78, 5) is 13.6. The van der Waals surface area contributed by atoms with E-state index in [4.69, 9.17) is 23.7 Å². The van der Waals surface area contributed by atoms with E-state index in [1.807, 2.05) is 48.7 Å². The summed E-state index contributed by atoms with van der Waals surface area (Å²) >= 11 is 0. The Bertz CT molecular complexity index is 1570. The van der Waals surface area contributed by atoms with E-state index in [9.17, 15) is 4.79 Å². The van der Waals surface area contributed by atoms with Crippen LogP contribution in [0.3, 0.4) is 0 Å². The van der Waals surface area contributed by atoms with Gasteiger partial charge in [0.1, 0.15) is 29.4 Å². The lowest BCUT2D eigenvalue weighted by molar-refractivity contribution is 0.0840. The van der Waals surface area contributed by atoms with Gasteiger partial charge in [0, 0.05) is 6.07 Å². The molecule has 0 radical (unpaired) electrons. The van der Waals surface area contributed by atoms with E-state index in [1.54, 1.807) is 44.2 Å². The normalized spacial score (nSPS) is 13.7. The summed E-state index contributed by atoms with van der Waals surface area (Å²) in [5.74, 6) is 2.42. The van der Waals surface area contributed by atoms with E-state index in [1.165, 1.54) is 6.08 Å². The lowest BCUT2D eigenvalue weighted by atomic mass is 9.92. The summed E-state index contributed by atoms with van der Waals surface area (Å²) < 4.78 is 30.5. The highest BCUT2D eigenvalue weighted by Gasteiger charge is 2.28. The summed E-state index contributed by atoms with van der Waals surface area (Å²) in [7, 11) is 4.65. The second-order valence-electron chi connectivity index (χ2n) is 10.7. The van der Waals surface area contributed by atoms with Crippen LogP contribution < -0.4 is 23.7 Å². The number of nitrogens with zero attached hydrogens (tertiary/aromatic N) is 3. The summed E-state index contributed by atoms with van der Waals surface area (Å²) in [6.07, 6.45) is 6.72. The fraction of sp³-hybridized carbons (Fsp3) is 0.303. The highest BCUT2D eigenvalue weighted by Crippen LogP contribution is 2.40. The lowest BCUT2D eigenvalue weighted by Crippen LogP contribution is -2.32. The Labute approximate surface area is 245 Å². The van der Waals surface area contributed by atoms with E-state index in [0.29, 0.717) is 40.8 Å². The maximum Gasteiger partial charge on any atom is 0.203 e. The SMILES string of the molecule is COc1cc(/C=C/C(=O)c2cc3c(cc2OCc2cn(Cc4ccccc4)nn2)OC(C)(C)CC3)cc(OC)c1OC. The van der Waals surface area contributed by atoms with E-state index >= 15 is 0 Å². The molecular formula is C33H35N3O6. The molecule has 218 valence electrons. The molecule has 4 aromatic rings. The van der Waals surface area contributed by atoms with Crippen molar-refractivity contribution in [1.82, 2.24) is 15.0 Å². The van der Waals surface area contributed by atoms with Crippen LogP contribution in [0.2, 0.25) is 0 Å². The van der Waals surface area contributed by atoms with Gasteiger partial charge >= 0.3 is 0 Å². The average Bonchev–Trinajstić information content (AvgIpc) is 3.44. The van der Waals surface area contributed by atoms with E-state index in [2.05, 4.69) is 24.2 Å². The van der Waals surface area contributed by atoms with Gasteiger partial charge in [0.25, 0.3) is 0 Å². The number of hydrogen-bond donors (Lipinski definition) is 0. The van der Waals surface area contributed by atoms with Crippen molar-refractivity contribution in [3.63, 3.8) is 0 Å². The Morgan fingerprint density at radius 3 is 2.43 bits per heavy atom.